The zero-order valence-corrected chi connectivity index (χ0v) is 22.6. The predicted octanol–water partition coefficient (Wildman–Crippen LogP) is 3.22. The number of imidazole rings is 1. The number of rotatable bonds is 6. The lowest BCUT2D eigenvalue weighted by Crippen LogP contribution is -2.35. The van der Waals surface area contributed by atoms with Crippen LogP contribution in [0.4, 0.5) is 0 Å². The van der Waals surface area contributed by atoms with Gasteiger partial charge in [0.2, 0.25) is 0 Å². The number of nitrogens with zero attached hydrogens (tertiary/aromatic N) is 8. The standard InChI is InChI=1S/C28H26N8O3S/c1-33-18-24(14-31-33)23-12-26-25(29-13-23)15-32-36(26)40(37,38)28-16-30-27-7-6-22(19-35(27)28)21-4-2-20(3-5-21)17-34-8-10-39-11-9-34/h2-7,12-16,18-19H,8-11,17H2,1H3. The van der Waals surface area contributed by atoms with Gasteiger partial charge in [0.1, 0.15) is 16.7 Å². The number of morpholine rings is 1. The topological polar surface area (TPSA) is 112 Å². The van der Waals surface area contributed by atoms with Crippen molar-refractivity contribution < 1.29 is 13.2 Å². The third kappa shape index (κ3) is 4.35. The van der Waals surface area contributed by atoms with Gasteiger partial charge in [-0.2, -0.15) is 22.7 Å². The maximum atomic E-state index is 13.9. The number of hydrogen-bond donors (Lipinski definition) is 0. The van der Waals surface area contributed by atoms with Gasteiger partial charge in [0.15, 0.2) is 5.03 Å². The Labute approximate surface area is 230 Å². The third-order valence-electron chi connectivity index (χ3n) is 7.19. The van der Waals surface area contributed by atoms with Crippen LogP contribution in [0.15, 0.2) is 84.7 Å². The smallest absolute Gasteiger partial charge is 0.301 e. The van der Waals surface area contributed by atoms with Crippen LogP contribution in [0.2, 0.25) is 0 Å². The summed E-state index contributed by atoms with van der Waals surface area (Å²) in [4.78, 5) is 11.2. The van der Waals surface area contributed by atoms with E-state index in [4.69, 9.17) is 4.74 Å². The number of benzene rings is 1. The van der Waals surface area contributed by atoms with Gasteiger partial charge in [0.05, 0.1) is 31.8 Å². The van der Waals surface area contributed by atoms with E-state index < -0.39 is 10.0 Å². The van der Waals surface area contributed by atoms with Crippen molar-refractivity contribution in [2.45, 2.75) is 11.6 Å². The summed E-state index contributed by atoms with van der Waals surface area (Å²) >= 11 is 0. The lowest BCUT2D eigenvalue weighted by Gasteiger charge is -2.26. The van der Waals surface area contributed by atoms with E-state index in [2.05, 4.69) is 49.3 Å². The number of aromatic nitrogens is 7. The van der Waals surface area contributed by atoms with Gasteiger partial charge in [0, 0.05) is 56.4 Å². The highest BCUT2D eigenvalue weighted by Gasteiger charge is 2.25. The van der Waals surface area contributed by atoms with E-state index in [9.17, 15) is 8.42 Å². The van der Waals surface area contributed by atoms with Gasteiger partial charge < -0.3 is 4.74 Å². The summed E-state index contributed by atoms with van der Waals surface area (Å²) < 4.78 is 37.5. The molecule has 0 aliphatic carbocycles. The van der Waals surface area contributed by atoms with Gasteiger partial charge in [-0.05, 0) is 34.9 Å². The zero-order chi connectivity index (χ0) is 27.3. The van der Waals surface area contributed by atoms with E-state index in [1.54, 1.807) is 33.7 Å². The quantitative estimate of drug-likeness (QED) is 0.309. The minimum Gasteiger partial charge on any atom is -0.379 e. The molecule has 1 fully saturated rings. The van der Waals surface area contributed by atoms with Crippen LogP contribution in [0.5, 0.6) is 0 Å². The molecule has 0 unspecified atom stereocenters. The first-order valence-electron chi connectivity index (χ1n) is 12.9. The molecular weight excluding hydrogens is 528 g/mol. The fourth-order valence-electron chi connectivity index (χ4n) is 5.03. The summed E-state index contributed by atoms with van der Waals surface area (Å²) in [6.07, 6.45) is 9.86. The third-order valence-corrected chi connectivity index (χ3v) is 8.76. The highest BCUT2D eigenvalue weighted by atomic mass is 32.2. The summed E-state index contributed by atoms with van der Waals surface area (Å²) in [6.45, 7) is 4.28. The van der Waals surface area contributed by atoms with Gasteiger partial charge in [-0.1, -0.05) is 24.3 Å². The highest BCUT2D eigenvalue weighted by Crippen LogP contribution is 2.27. The Bertz CT molecular complexity index is 1950. The zero-order valence-electron chi connectivity index (χ0n) is 21.8. The van der Waals surface area contributed by atoms with E-state index in [0.29, 0.717) is 16.7 Å². The molecule has 12 heteroatoms. The van der Waals surface area contributed by atoms with E-state index in [-0.39, 0.29) is 5.03 Å². The molecular formula is C28H26N8O3S. The van der Waals surface area contributed by atoms with Crippen LogP contribution >= 0.6 is 0 Å². The monoisotopic (exact) mass is 554 g/mol. The number of aryl methyl sites for hydroxylation is 1. The van der Waals surface area contributed by atoms with Crippen molar-refractivity contribution in [3.8, 4) is 22.3 Å². The van der Waals surface area contributed by atoms with Gasteiger partial charge in [0.25, 0.3) is 0 Å². The van der Waals surface area contributed by atoms with Crippen LogP contribution in [-0.4, -0.2) is 73.0 Å². The maximum absolute atomic E-state index is 13.9. The summed E-state index contributed by atoms with van der Waals surface area (Å²) in [6, 6.07) is 13.9. The molecule has 0 radical (unpaired) electrons. The summed E-state index contributed by atoms with van der Waals surface area (Å²) in [5, 5.41) is 8.42. The fourth-order valence-corrected chi connectivity index (χ4v) is 6.37. The van der Waals surface area contributed by atoms with Crippen molar-refractivity contribution in [3.05, 3.63) is 85.2 Å². The van der Waals surface area contributed by atoms with Crippen molar-refractivity contribution in [2.24, 2.45) is 7.05 Å². The first-order chi connectivity index (χ1) is 19.5. The van der Waals surface area contributed by atoms with Gasteiger partial charge in [-0.15, -0.1) is 0 Å². The molecule has 0 amide bonds. The van der Waals surface area contributed by atoms with Crippen LogP contribution in [0.3, 0.4) is 0 Å². The number of fused-ring (bicyclic) bond motifs is 2. The van der Waals surface area contributed by atoms with Crippen LogP contribution < -0.4 is 0 Å². The molecule has 0 N–H and O–H groups in total. The minimum atomic E-state index is -4.09. The molecule has 0 saturated carbocycles. The molecule has 6 aromatic rings. The van der Waals surface area contributed by atoms with Crippen molar-refractivity contribution >= 4 is 26.7 Å². The molecule has 0 bridgehead atoms. The second-order valence-electron chi connectivity index (χ2n) is 9.85. The first kappa shape index (κ1) is 24.6. The first-order valence-corrected chi connectivity index (χ1v) is 14.3. The molecule has 0 spiro atoms. The molecule has 1 saturated heterocycles. The predicted molar refractivity (Wildman–Crippen MR) is 149 cm³/mol. The number of ether oxygens (including phenoxy) is 1. The lowest BCUT2D eigenvalue weighted by atomic mass is 10.1. The largest absolute Gasteiger partial charge is 0.379 e. The van der Waals surface area contributed by atoms with Crippen LogP contribution in [0, 0.1) is 0 Å². The number of pyridine rings is 2. The Kier molecular flexibility index (Phi) is 5.95. The molecule has 6 heterocycles. The minimum absolute atomic E-state index is 0.0186. The molecule has 0 atom stereocenters. The second kappa shape index (κ2) is 9.66. The SMILES string of the molecule is Cn1cc(-c2cnc3cnn(S(=O)(=O)c4cnc5ccc(-c6ccc(CN7CCOCC7)cc6)cn45)c3c2)cn1. The molecule has 1 aliphatic heterocycles. The van der Waals surface area contributed by atoms with E-state index in [1.165, 1.54) is 18.0 Å². The van der Waals surface area contributed by atoms with Gasteiger partial charge >= 0.3 is 10.0 Å². The van der Waals surface area contributed by atoms with Crippen molar-refractivity contribution in [1.82, 2.24) is 38.2 Å². The van der Waals surface area contributed by atoms with Gasteiger partial charge in [-0.3, -0.25) is 19.0 Å². The Morgan fingerprint density at radius 1 is 0.825 bits per heavy atom. The average molecular weight is 555 g/mol. The van der Waals surface area contributed by atoms with E-state index in [0.717, 1.165) is 59.2 Å². The molecule has 7 rings (SSSR count). The van der Waals surface area contributed by atoms with E-state index >= 15 is 0 Å². The van der Waals surface area contributed by atoms with Crippen molar-refractivity contribution in [2.75, 3.05) is 26.3 Å². The molecule has 202 valence electrons. The maximum Gasteiger partial charge on any atom is 0.301 e. The molecule has 40 heavy (non-hydrogen) atoms. The van der Waals surface area contributed by atoms with Crippen molar-refractivity contribution in [3.63, 3.8) is 0 Å². The summed E-state index contributed by atoms with van der Waals surface area (Å²) in [5.41, 5.74) is 6.04. The number of hydrogen-bond acceptors (Lipinski definition) is 8. The second-order valence-corrected chi connectivity index (χ2v) is 11.6. The highest BCUT2D eigenvalue weighted by molar-refractivity contribution is 7.90. The van der Waals surface area contributed by atoms with Crippen molar-refractivity contribution in [1.29, 1.82) is 0 Å². The molecule has 11 nitrogen and oxygen atoms in total. The van der Waals surface area contributed by atoms with E-state index in [1.807, 2.05) is 25.4 Å². The Balaban J connectivity index is 1.23. The van der Waals surface area contributed by atoms with Gasteiger partial charge in [-0.25, -0.2) is 4.98 Å². The Morgan fingerprint density at radius 2 is 1.62 bits per heavy atom. The summed E-state index contributed by atoms with van der Waals surface area (Å²) in [5.74, 6) is 0. The van der Waals surface area contributed by atoms with Crippen LogP contribution in [0.1, 0.15) is 5.56 Å². The normalized spacial score (nSPS) is 14.8. The van der Waals surface area contributed by atoms with Crippen LogP contribution in [-0.2, 0) is 28.4 Å². The lowest BCUT2D eigenvalue weighted by molar-refractivity contribution is 0.0342. The molecule has 1 aliphatic rings. The average Bonchev–Trinajstić information content (AvgIpc) is 3.72. The Hall–Kier alpha value is -4.39. The Morgan fingerprint density at radius 3 is 2.40 bits per heavy atom. The summed E-state index contributed by atoms with van der Waals surface area (Å²) in [7, 11) is -2.27. The fraction of sp³-hybridized carbons (Fsp3) is 0.214. The molecule has 1 aromatic carbocycles. The molecule has 5 aromatic heterocycles. The van der Waals surface area contributed by atoms with Crippen LogP contribution in [0.25, 0.3) is 38.9 Å².